The van der Waals surface area contributed by atoms with E-state index in [4.69, 9.17) is 4.74 Å². The highest BCUT2D eigenvalue weighted by Gasteiger charge is 2.30. The molecule has 0 bridgehead atoms. The van der Waals surface area contributed by atoms with Gasteiger partial charge in [0.15, 0.2) is 5.88 Å². The van der Waals surface area contributed by atoms with Gasteiger partial charge in [0.1, 0.15) is 31.6 Å². The predicted molar refractivity (Wildman–Crippen MR) is 127 cm³/mol. The lowest BCUT2D eigenvalue weighted by molar-refractivity contribution is -0.677. The van der Waals surface area contributed by atoms with Crippen LogP contribution in [0, 0.1) is 6.92 Å². The van der Waals surface area contributed by atoms with Crippen LogP contribution in [0.15, 0.2) is 108 Å². The van der Waals surface area contributed by atoms with Crippen LogP contribution in [0.25, 0.3) is 0 Å². The maximum Gasteiger partial charge on any atom is 0.253 e. The molecule has 0 spiro atoms. The van der Waals surface area contributed by atoms with Gasteiger partial charge in [0.05, 0.1) is 7.05 Å². The largest absolute Gasteiger partial charge is 0.476 e. The van der Waals surface area contributed by atoms with Gasteiger partial charge in [-0.2, -0.15) is 0 Å². The van der Waals surface area contributed by atoms with Crippen LogP contribution in [-0.2, 0) is 18.3 Å². The maximum atomic E-state index is 6.19. The molecule has 1 N–H and O–H groups in total. The number of hydrogen-bond donors (Lipinski definition) is 1. The lowest BCUT2D eigenvalue weighted by Crippen LogP contribution is -2.33. The summed E-state index contributed by atoms with van der Waals surface area (Å²) in [6.45, 7) is 3.71. The lowest BCUT2D eigenvalue weighted by atomic mass is 10.3. The standard InChI is InChI=1S/C26H27N3OP/c1-20-28(2)16-17-29(20)18-21-19-30-26(27-21)24-14-9-15-25(24)31(22-10-5-3-6-11-22)23-12-7-4-8-13-23/h3-17,21,27H,18-19H2,1-2H3/q+1/b26-24-/t21-/m1/s1. The van der Waals surface area contributed by atoms with E-state index in [1.54, 1.807) is 0 Å². The number of nitrogens with one attached hydrogen (secondary N) is 1. The second-order valence-electron chi connectivity index (χ2n) is 7.92. The lowest BCUT2D eigenvalue weighted by Gasteiger charge is -2.22. The van der Waals surface area contributed by atoms with Crippen LogP contribution in [0.5, 0.6) is 0 Å². The molecule has 1 aliphatic heterocycles. The Bertz CT molecular complexity index is 1120. The van der Waals surface area contributed by atoms with Gasteiger partial charge in [-0.05, 0) is 29.9 Å². The summed E-state index contributed by atoms with van der Waals surface area (Å²) >= 11 is 0. The summed E-state index contributed by atoms with van der Waals surface area (Å²) in [4.78, 5) is 0. The Hall–Kier alpha value is -3.10. The normalized spacial score (nSPS) is 20.1. The Morgan fingerprint density at radius 3 is 2.35 bits per heavy atom. The molecule has 1 fully saturated rings. The monoisotopic (exact) mass is 428 g/mol. The fraction of sp³-hybridized carbons (Fsp3) is 0.192. The van der Waals surface area contributed by atoms with Crippen molar-refractivity contribution in [3.63, 3.8) is 0 Å². The fourth-order valence-electron chi connectivity index (χ4n) is 4.11. The molecule has 2 heterocycles. The minimum absolute atomic E-state index is 0.253. The summed E-state index contributed by atoms with van der Waals surface area (Å²) < 4.78 is 10.6. The summed E-state index contributed by atoms with van der Waals surface area (Å²) in [6, 6.07) is 21.9. The second kappa shape index (κ2) is 8.56. The number of nitrogens with zero attached hydrogens (tertiary/aromatic N) is 2. The minimum Gasteiger partial charge on any atom is -0.476 e. The molecule has 0 amide bonds. The van der Waals surface area contributed by atoms with Crippen molar-refractivity contribution < 1.29 is 9.30 Å². The number of allylic oxidation sites excluding steroid dienone is 5. The molecule has 2 aliphatic rings. The first kappa shape index (κ1) is 19.8. The van der Waals surface area contributed by atoms with Crippen LogP contribution in [0.1, 0.15) is 5.82 Å². The molecular weight excluding hydrogens is 401 g/mol. The average molecular weight is 428 g/mol. The highest BCUT2D eigenvalue weighted by molar-refractivity contribution is 7.77. The number of ether oxygens (including phenoxy) is 1. The fourth-order valence-corrected chi connectivity index (χ4v) is 6.56. The van der Waals surface area contributed by atoms with Crippen molar-refractivity contribution in [1.82, 2.24) is 9.88 Å². The van der Waals surface area contributed by atoms with Crippen molar-refractivity contribution in [2.24, 2.45) is 7.05 Å². The van der Waals surface area contributed by atoms with Gasteiger partial charge in [0, 0.05) is 12.5 Å². The third-order valence-electron chi connectivity index (χ3n) is 5.88. The highest BCUT2D eigenvalue weighted by Crippen LogP contribution is 2.49. The molecule has 5 rings (SSSR count). The quantitative estimate of drug-likeness (QED) is 0.499. The topological polar surface area (TPSA) is 30.1 Å². The average Bonchev–Trinajstić information content (AvgIpc) is 3.53. The number of aryl methyl sites for hydroxylation is 1. The van der Waals surface area contributed by atoms with E-state index >= 15 is 0 Å². The first-order chi connectivity index (χ1) is 15.2. The molecule has 1 atom stereocenters. The van der Waals surface area contributed by atoms with Gasteiger partial charge in [-0.1, -0.05) is 72.8 Å². The smallest absolute Gasteiger partial charge is 0.253 e. The molecule has 5 heteroatoms. The maximum absolute atomic E-state index is 6.19. The van der Waals surface area contributed by atoms with Crippen molar-refractivity contribution in [1.29, 1.82) is 0 Å². The van der Waals surface area contributed by atoms with E-state index in [1.807, 2.05) is 0 Å². The molecule has 156 valence electrons. The number of benzene rings is 2. The Morgan fingerprint density at radius 1 is 1.06 bits per heavy atom. The van der Waals surface area contributed by atoms with Gasteiger partial charge in [-0.3, -0.25) is 0 Å². The Morgan fingerprint density at radius 2 is 1.74 bits per heavy atom. The van der Waals surface area contributed by atoms with Crippen molar-refractivity contribution in [2.45, 2.75) is 19.5 Å². The third kappa shape index (κ3) is 3.96. The Kier molecular flexibility index (Phi) is 5.48. The van der Waals surface area contributed by atoms with Crippen LogP contribution in [0.4, 0.5) is 0 Å². The van der Waals surface area contributed by atoms with Crippen LogP contribution in [-0.4, -0.2) is 17.2 Å². The van der Waals surface area contributed by atoms with Crippen LogP contribution < -0.4 is 20.5 Å². The first-order valence-electron chi connectivity index (χ1n) is 10.6. The van der Waals surface area contributed by atoms with Gasteiger partial charge in [0.25, 0.3) is 5.82 Å². The van der Waals surface area contributed by atoms with Crippen molar-refractivity contribution in [3.05, 3.63) is 114 Å². The predicted octanol–water partition coefficient (Wildman–Crippen LogP) is 3.41. The summed E-state index contributed by atoms with van der Waals surface area (Å²) in [5, 5.41) is 7.68. The molecular formula is C26H27N3OP+. The molecule has 2 aromatic carbocycles. The molecule has 0 radical (unpaired) electrons. The van der Waals surface area contributed by atoms with E-state index in [0.29, 0.717) is 6.61 Å². The van der Waals surface area contributed by atoms with Gasteiger partial charge >= 0.3 is 0 Å². The van der Waals surface area contributed by atoms with E-state index in [-0.39, 0.29) is 6.04 Å². The van der Waals surface area contributed by atoms with Crippen molar-refractivity contribution >= 4 is 18.5 Å². The molecule has 3 aromatic rings. The van der Waals surface area contributed by atoms with E-state index in [0.717, 1.165) is 12.4 Å². The second-order valence-corrected chi connectivity index (χ2v) is 10.1. The Balaban J connectivity index is 1.44. The van der Waals surface area contributed by atoms with Crippen molar-refractivity contribution in [3.8, 4) is 0 Å². The molecule has 0 unspecified atom stereocenters. The summed E-state index contributed by atoms with van der Waals surface area (Å²) in [7, 11) is 1.42. The molecule has 1 saturated heterocycles. The Labute approximate surface area is 184 Å². The van der Waals surface area contributed by atoms with Crippen LogP contribution in [0.2, 0.25) is 0 Å². The zero-order valence-corrected chi connectivity index (χ0v) is 18.8. The minimum atomic E-state index is -0.659. The number of hydrogen-bond acceptors (Lipinski definition) is 2. The van der Waals surface area contributed by atoms with Gasteiger partial charge < -0.3 is 10.1 Å². The highest BCUT2D eigenvalue weighted by atomic mass is 31.1. The van der Waals surface area contributed by atoms with Gasteiger partial charge in [-0.15, -0.1) is 0 Å². The van der Waals surface area contributed by atoms with Gasteiger partial charge in [-0.25, -0.2) is 9.13 Å². The van der Waals surface area contributed by atoms with E-state index in [9.17, 15) is 0 Å². The van der Waals surface area contributed by atoms with Gasteiger partial charge in [0.2, 0.25) is 0 Å². The number of rotatable bonds is 5. The molecule has 4 nitrogen and oxygen atoms in total. The SMILES string of the molecule is Cc1n(C[C@@H]2CO/C(=C3/C=CC=C3P(c3ccccc3)c3ccccc3)N2)cc[n+]1C. The van der Waals surface area contributed by atoms with Crippen LogP contribution >= 0.6 is 7.92 Å². The van der Waals surface area contributed by atoms with E-state index < -0.39 is 7.92 Å². The van der Waals surface area contributed by atoms with E-state index in [2.05, 4.69) is 120 Å². The molecule has 1 aliphatic carbocycles. The van der Waals surface area contributed by atoms with Crippen LogP contribution in [0.3, 0.4) is 0 Å². The number of aromatic nitrogens is 2. The zero-order chi connectivity index (χ0) is 21.2. The van der Waals surface area contributed by atoms with Crippen molar-refractivity contribution in [2.75, 3.05) is 6.61 Å². The molecule has 1 aromatic heterocycles. The molecule has 0 saturated carbocycles. The summed E-state index contributed by atoms with van der Waals surface area (Å²) in [6.07, 6.45) is 10.8. The molecule has 31 heavy (non-hydrogen) atoms. The first-order valence-corrected chi connectivity index (χ1v) is 12.0. The summed E-state index contributed by atoms with van der Waals surface area (Å²) in [5.41, 5.74) is 1.18. The zero-order valence-electron chi connectivity index (χ0n) is 17.9. The third-order valence-corrected chi connectivity index (χ3v) is 8.39. The summed E-state index contributed by atoms with van der Waals surface area (Å²) in [5.74, 6) is 2.14. The van der Waals surface area contributed by atoms with E-state index in [1.165, 1.54) is 27.3 Å². The number of imidazole rings is 1.